The van der Waals surface area contributed by atoms with Crippen molar-refractivity contribution < 1.29 is 22.3 Å². The minimum Gasteiger partial charge on any atom is -0.444 e. The lowest BCUT2D eigenvalue weighted by molar-refractivity contribution is 0.00857. The molecule has 0 N–H and O–H groups in total. The fraction of sp³-hybridized carbons (Fsp3) is 0.588. The van der Waals surface area contributed by atoms with Gasteiger partial charge in [-0.15, -0.1) is 0 Å². The lowest BCUT2D eigenvalue weighted by Crippen LogP contribution is -2.56. The number of amides is 1. The van der Waals surface area contributed by atoms with Crippen LogP contribution in [-0.4, -0.2) is 55.0 Å². The Kier molecular flexibility index (Phi) is 5.73. The van der Waals surface area contributed by atoms with Gasteiger partial charge in [-0.05, 0) is 33.8 Å². The summed E-state index contributed by atoms with van der Waals surface area (Å²) in [4.78, 5) is 13.7. The van der Waals surface area contributed by atoms with Crippen LogP contribution in [-0.2, 0) is 20.5 Å². The van der Waals surface area contributed by atoms with Crippen molar-refractivity contribution in [3.63, 3.8) is 0 Å². The van der Waals surface area contributed by atoms with Crippen LogP contribution in [0.25, 0.3) is 0 Å². The molecule has 0 saturated carbocycles. The van der Waals surface area contributed by atoms with Gasteiger partial charge in [-0.25, -0.2) is 17.6 Å². The van der Waals surface area contributed by atoms with Crippen LogP contribution in [0.2, 0.25) is 0 Å². The molecule has 1 aromatic carbocycles. The van der Waals surface area contributed by atoms with Crippen LogP contribution in [0, 0.1) is 5.82 Å². The topological polar surface area (TPSA) is 66.9 Å². The summed E-state index contributed by atoms with van der Waals surface area (Å²) < 4.78 is 45.6. The summed E-state index contributed by atoms with van der Waals surface area (Å²) in [7, 11) is -3.66. The molecule has 0 spiro atoms. The Morgan fingerprint density at radius 3 is 2.48 bits per heavy atom. The largest absolute Gasteiger partial charge is 0.444 e. The summed E-state index contributed by atoms with van der Waals surface area (Å²) in [5.41, 5.74) is -0.463. The van der Waals surface area contributed by atoms with Crippen LogP contribution in [0.3, 0.4) is 0 Å². The number of carbonyl (C=O) groups excluding carboxylic acids is 1. The van der Waals surface area contributed by atoms with Gasteiger partial charge >= 0.3 is 6.09 Å². The van der Waals surface area contributed by atoms with Crippen molar-refractivity contribution in [2.75, 3.05) is 19.6 Å². The van der Waals surface area contributed by atoms with E-state index in [0.717, 1.165) is 0 Å². The molecule has 1 heterocycles. The second-order valence-corrected chi connectivity index (χ2v) is 9.20. The molecule has 1 unspecified atom stereocenters. The van der Waals surface area contributed by atoms with Gasteiger partial charge in [0.05, 0.1) is 5.75 Å². The zero-order chi connectivity index (χ0) is 18.8. The van der Waals surface area contributed by atoms with E-state index in [1.165, 1.54) is 27.4 Å². The van der Waals surface area contributed by atoms with Gasteiger partial charge in [-0.3, -0.25) is 0 Å². The zero-order valence-corrected chi connectivity index (χ0v) is 15.8. The van der Waals surface area contributed by atoms with E-state index in [4.69, 9.17) is 4.74 Å². The minimum absolute atomic E-state index is 0.143. The maximum Gasteiger partial charge on any atom is 0.410 e. The minimum atomic E-state index is -3.66. The van der Waals surface area contributed by atoms with E-state index < -0.39 is 33.3 Å². The van der Waals surface area contributed by atoms with Gasteiger partial charge in [-0.1, -0.05) is 18.2 Å². The fourth-order valence-corrected chi connectivity index (χ4v) is 4.28. The van der Waals surface area contributed by atoms with Crippen molar-refractivity contribution in [1.29, 1.82) is 0 Å². The predicted octanol–water partition coefficient (Wildman–Crippen LogP) is 2.60. The van der Waals surface area contributed by atoms with Gasteiger partial charge in [0.25, 0.3) is 0 Å². The van der Waals surface area contributed by atoms with Crippen molar-refractivity contribution in [2.24, 2.45) is 0 Å². The third-order valence-electron chi connectivity index (χ3n) is 3.91. The van der Waals surface area contributed by atoms with E-state index in [0.29, 0.717) is 0 Å². The van der Waals surface area contributed by atoms with Crippen molar-refractivity contribution in [3.05, 3.63) is 35.6 Å². The number of benzene rings is 1. The predicted molar refractivity (Wildman–Crippen MR) is 93.0 cm³/mol. The molecule has 1 fully saturated rings. The second-order valence-electron chi connectivity index (χ2n) is 7.23. The monoisotopic (exact) mass is 372 g/mol. The van der Waals surface area contributed by atoms with Gasteiger partial charge in [-0.2, -0.15) is 4.31 Å². The van der Waals surface area contributed by atoms with E-state index in [1.807, 2.05) is 0 Å². The second kappa shape index (κ2) is 7.29. The number of ether oxygens (including phenoxy) is 1. The molecular formula is C17H25FN2O4S. The zero-order valence-electron chi connectivity index (χ0n) is 15.0. The molecule has 6 nitrogen and oxygen atoms in total. The Morgan fingerprint density at radius 1 is 1.28 bits per heavy atom. The number of piperazine rings is 1. The number of hydrogen-bond acceptors (Lipinski definition) is 4. The third-order valence-corrected chi connectivity index (χ3v) is 5.70. The highest BCUT2D eigenvalue weighted by Crippen LogP contribution is 2.20. The van der Waals surface area contributed by atoms with Gasteiger partial charge in [0.15, 0.2) is 0 Å². The lowest BCUT2D eigenvalue weighted by Gasteiger charge is -2.39. The first kappa shape index (κ1) is 19.7. The molecule has 0 aliphatic carbocycles. The number of halogens is 1. The average molecular weight is 372 g/mol. The molecule has 0 bridgehead atoms. The summed E-state index contributed by atoms with van der Waals surface area (Å²) in [5.74, 6) is -0.926. The van der Waals surface area contributed by atoms with Crippen LogP contribution in [0.4, 0.5) is 9.18 Å². The molecule has 0 radical (unpaired) electrons. The van der Waals surface area contributed by atoms with Crippen LogP contribution >= 0.6 is 0 Å². The third kappa shape index (κ3) is 5.15. The average Bonchev–Trinajstić information content (AvgIpc) is 2.47. The number of carbonyl (C=O) groups is 1. The molecule has 1 amide bonds. The van der Waals surface area contributed by atoms with Crippen molar-refractivity contribution in [2.45, 2.75) is 45.1 Å². The fourth-order valence-electron chi connectivity index (χ4n) is 2.67. The quantitative estimate of drug-likeness (QED) is 0.818. The molecule has 140 valence electrons. The van der Waals surface area contributed by atoms with E-state index in [2.05, 4.69) is 0 Å². The van der Waals surface area contributed by atoms with Crippen molar-refractivity contribution >= 4 is 16.1 Å². The molecule has 1 aliphatic heterocycles. The van der Waals surface area contributed by atoms with Gasteiger partial charge in [0.1, 0.15) is 11.4 Å². The number of rotatable bonds is 3. The number of nitrogens with zero attached hydrogens (tertiary/aromatic N) is 2. The smallest absolute Gasteiger partial charge is 0.410 e. The van der Waals surface area contributed by atoms with E-state index >= 15 is 0 Å². The molecule has 1 saturated heterocycles. The Labute approximate surface area is 148 Å². The summed E-state index contributed by atoms with van der Waals surface area (Å²) in [6.07, 6.45) is -0.453. The Balaban J connectivity index is 2.04. The van der Waals surface area contributed by atoms with E-state index in [9.17, 15) is 17.6 Å². The molecule has 8 heteroatoms. The van der Waals surface area contributed by atoms with Crippen LogP contribution < -0.4 is 0 Å². The molecule has 1 aliphatic rings. The maximum atomic E-state index is 13.7. The van der Waals surface area contributed by atoms with Crippen LogP contribution in [0.5, 0.6) is 0 Å². The molecule has 1 atom stereocenters. The summed E-state index contributed by atoms with van der Waals surface area (Å²) in [6, 6.07) is 5.52. The van der Waals surface area contributed by atoms with Gasteiger partial charge in [0.2, 0.25) is 10.0 Å². The summed E-state index contributed by atoms with van der Waals surface area (Å²) in [6.45, 7) is 7.69. The lowest BCUT2D eigenvalue weighted by atomic mass is 10.2. The van der Waals surface area contributed by atoms with Gasteiger partial charge in [0, 0.05) is 31.2 Å². The first-order chi connectivity index (χ1) is 11.5. The summed E-state index contributed by atoms with van der Waals surface area (Å²) in [5, 5.41) is 0. The van der Waals surface area contributed by atoms with Crippen LogP contribution in [0.1, 0.15) is 33.3 Å². The standard InChI is InChI=1S/C17H25FN2O4S/c1-13-11-19(9-10-20(13)16(21)24-17(2,3)4)25(22,23)12-14-7-5-6-8-15(14)18/h5-8,13H,9-12H2,1-4H3. The van der Waals surface area contributed by atoms with Crippen molar-refractivity contribution in [1.82, 2.24) is 9.21 Å². The van der Waals surface area contributed by atoms with E-state index in [1.54, 1.807) is 33.8 Å². The van der Waals surface area contributed by atoms with Gasteiger partial charge < -0.3 is 9.64 Å². The Bertz CT molecular complexity index is 730. The first-order valence-corrected chi connectivity index (χ1v) is 9.81. The van der Waals surface area contributed by atoms with E-state index in [-0.39, 0.29) is 31.2 Å². The Morgan fingerprint density at radius 2 is 1.92 bits per heavy atom. The first-order valence-electron chi connectivity index (χ1n) is 8.20. The highest BCUT2D eigenvalue weighted by molar-refractivity contribution is 7.88. The molecule has 25 heavy (non-hydrogen) atoms. The molecular weight excluding hydrogens is 347 g/mol. The Hall–Kier alpha value is -1.67. The molecule has 0 aromatic heterocycles. The maximum absolute atomic E-state index is 13.7. The van der Waals surface area contributed by atoms with Crippen LogP contribution in [0.15, 0.2) is 24.3 Å². The SMILES string of the molecule is CC1CN(S(=O)(=O)Cc2ccccc2F)CCN1C(=O)OC(C)(C)C. The molecule has 2 rings (SSSR count). The highest BCUT2D eigenvalue weighted by atomic mass is 32.2. The normalized spacial score (nSPS) is 19.7. The van der Waals surface area contributed by atoms with Crippen molar-refractivity contribution in [3.8, 4) is 0 Å². The highest BCUT2D eigenvalue weighted by Gasteiger charge is 2.35. The number of hydrogen-bond donors (Lipinski definition) is 0. The summed E-state index contributed by atoms with van der Waals surface area (Å²) >= 11 is 0. The molecule has 1 aromatic rings. The number of sulfonamides is 1.